The summed E-state index contributed by atoms with van der Waals surface area (Å²) in [6.45, 7) is 2.69. The summed E-state index contributed by atoms with van der Waals surface area (Å²) in [6, 6.07) is 18.2. The van der Waals surface area contributed by atoms with Crippen LogP contribution >= 0.6 is 0 Å². The van der Waals surface area contributed by atoms with E-state index in [-0.39, 0.29) is 11.1 Å². The maximum atomic E-state index is 8.85. The van der Waals surface area contributed by atoms with Crippen molar-refractivity contribution in [3.8, 4) is 46.9 Å². The zero-order valence-corrected chi connectivity index (χ0v) is 20.3. The predicted molar refractivity (Wildman–Crippen MR) is 140 cm³/mol. The van der Waals surface area contributed by atoms with E-state index in [1.807, 2.05) is 31.2 Å². The number of nitriles is 4. The van der Waals surface area contributed by atoms with Gasteiger partial charge in [-0.1, -0.05) is 19.1 Å². The number of benzene rings is 1. The third-order valence-electron chi connectivity index (χ3n) is 5.32. The Morgan fingerprint density at radius 1 is 0.737 bits per heavy atom. The van der Waals surface area contributed by atoms with Gasteiger partial charge in [-0.3, -0.25) is 0 Å². The molecule has 0 unspecified atom stereocenters. The molecule has 0 saturated heterocycles. The smallest absolute Gasteiger partial charge is 0.137 e. The van der Waals surface area contributed by atoms with Gasteiger partial charge in [0.05, 0.1) is 6.54 Å². The molecule has 4 rings (SSSR count). The number of aryl methyl sites for hydroxylation is 1. The van der Waals surface area contributed by atoms with Crippen LogP contribution in [-0.2, 0) is 6.54 Å². The van der Waals surface area contributed by atoms with Crippen molar-refractivity contribution in [3.63, 3.8) is 0 Å². The van der Waals surface area contributed by atoms with Gasteiger partial charge in [0.15, 0.2) is 0 Å². The quantitative estimate of drug-likeness (QED) is 0.202. The first kappa shape index (κ1) is 25.2. The van der Waals surface area contributed by atoms with Gasteiger partial charge < -0.3 is 8.83 Å². The number of aromatic nitrogens is 3. The van der Waals surface area contributed by atoms with E-state index in [4.69, 9.17) is 40.1 Å². The largest absolute Gasteiger partial charge is 0.457 e. The molecular weight excluding hydrogens is 478 g/mol. The summed E-state index contributed by atoms with van der Waals surface area (Å²) in [5.74, 6) is 2.29. The van der Waals surface area contributed by atoms with Crippen LogP contribution in [0.1, 0.15) is 24.9 Å². The predicted octanol–water partition coefficient (Wildman–Crippen LogP) is 6.33. The van der Waals surface area contributed by atoms with E-state index in [1.165, 1.54) is 12.2 Å². The maximum Gasteiger partial charge on any atom is 0.137 e. The van der Waals surface area contributed by atoms with E-state index in [9.17, 15) is 0 Å². The van der Waals surface area contributed by atoms with Gasteiger partial charge in [-0.15, -0.1) is 0 Å². The Morgan fingerprint density at radius 3 is 1.58 bits per heavy atom. The topological polar surface area (TPSA) is 152 Å². The van der Waals surface area contributed by atoms with Gasteiger partial charge >= 0.3 is 0 Å². The second-order valence-electron chi connectivity index (χ2n) is 7.88. The molecule has 3 heterocycles. The summed E-state index contributed by atoms with van der Waals surface area (Å²) in [5.41, 5.74) is 2.82. The van der Waals surface area contributed by atoms with Crippen molar-refractivity contribution in [2.75, 3.05) is 0 Å². The van der Waals surface area contributed by atoms with E-state index in [1.54, 1.807) is 65.5 Å². The van der Waals surface area contributed by atoms with Gasteiger partial charge in [0.1, 0.15) is 69.5 Å². The third kappa shape index (κ3) is 5.50. The summed E-state index contributed by atoms with van der Waals surface area (Å²) in [7, 11) is 0. The Morgan fingerprint density at radius 2 is 1.18 bits per heavy atom. The second kappa shape index (κ2) is 11.7. The Labute approximate surface area is 218 Å². The fourth-order valence-electron chi connectivity index (χ4n) is 3.58. The first-order chi connectivity index (χ1) is 18.6. The minimum Gasteiger partial charge on any atom is -0.457 e. The number of furan rings is 2. The van der Waals surface area contributed by atoms with E-state index in [0.717, 1.165) is 17.5 Å². The van der Waals surface area contributed by atoms with Crippen LogP contribution in [0.15, 0.2) is 80.7 Å². The van der Waals surface area contributed by atoms with Crippen LogP contribution in [0.4, 0.5) is 0 Å². The lowest BCUT2D eigenvalue weighted by molar-refractivity contribution is 0.535. The van der Waals surface area contributed by atoms with E-state index in [0.29, 0.717) is 40.6 Å². The number of rotatable bonds is 8. The number of fused-ring (bicyclic) bond motifs is 1. The van der Waals surface area contributed by atoms with Crippen LogP contribution in [0.25, 0.3) is 45.8 Å². The summed E-state index contributed by atoms with van der Waals surface area (Å²) in [4.78, 5) is 1.65. The van der Waals surface area contributed by atoms with Crippen LogP contribution < -0.4 is 0 Å². The van der Waals surface area contributed by atoms with Gasteiger partial charge in [0.25, 0.3) is 0 Å². The molecule has 4 aromatic rings. The molecule has 0 atom stereocenters. The van der Waals surface area contributed by atoms with Gasteiger partial charge in [-0.2, -0.15) is 36.0 Å². The molecule has 0 saturated carbocycles. The molecule has 0 aliphatic carbocycles. The molecule has 182 valence electrons. The van der Waals surface area contributed by atoms with Crippen molar-refractivity contribution in [1.82, 2.24) is 15.0 Å². The molecular formula is C29H19N7O2. The number of allylic oxidation sites excluding steroid dienone is 6. The minimum absolute atomic E-state index is 0.00000928. The Balaban J connectivity index is 1.70. The summed E-state index contributed by atoms with van der Waals surface area (Å²) in [5, 5.41) is 44.8. The number of hydrogen-bond acceptors (Lipinski definition) is 8. The first-order valence-electron chi connectivity index (χ1n) is 11.6. The normalized spacial score (nSPS) is 10.7. The molecule has 0 aliphatic heterocycles. The number of nitrogens with zero attached hydrogens (tertiary/aromatic N) is 7. The van der Waals surface area contributed by atoms with Gasteiger partial charge in [-0.05, 0) is 67.1 Å². The van der Waals surface area contributed by atoms with E-state index >= 15 is 0 Å². The van der Waals surface area contributed by atoms with Crippen LogP contribution in [0.5, 0.6) is 0 Å². The lowest BCUT2D eigenvalue weighted by Crippen LogP contribution is -2.00. The van der Waals surface area contributed by atoms with E-state index in [2.05, 4.69) is 0 Å². The summed E-state index contributed by atoms with van der Waals surface area (Å²) in [6.07, 6.45) is 10.2. The molecule has 3 aromatic heterocycles. The van der Waals surface area contributed by atoms with Gasteiger partial charge in [0, 0.05) is 11.1 Å². The van der Waals surface area contributed by atoms with Gasteiger partial charge in [-0.25, -0.2) is 0 Å². The SMILES string of the molecule is CCCn1nc2c(-c3ccc(/C=C/C=C(C#N)C#N)o3)ccc(-c3ccc(/C=C/C=C(C#N)C#N)o3)c2n1. The lowest BCUT2D eigenvalue weighted by atomic mass is 10.1. The van der Waals surface area contributed by atoms with Crippen molar-refractivity contribution < 1.29 is 8.83 Å². The molecule has 0 aliphatic rings. The molecule has 9 nitrogen and oxygen atoms in total. The molecule has 0 fully saturated rings. The Hall–Kier alpha value is -5.90. The maximum absolute atomic E-state index is 8.85. The zero-order valence-electron chi connectivity index (χ0n) is 20.3. The average molecular weight is 498 g/mol. The molecule has 1 aromatic carbocycles. The zero-order chi connectivity index (χ0) is 26.9. The van der Waals surface area contributed by atoms with Crippen LogP contribution in [0.3, 0.4) is 0 Å². The highest BCUT2D eigenvalue weighted by Crippen LogP contribution is 2.35. The molecule has 0 radical (unpaired) electrons. The lowest BCUT2D eigenvalue weighted by Gasteiger charge is -2.02. The third-order valence-corrected chi connectivity index (χ3v) is 5.32. The fraction of sp³-hybridized carbons (Fsp3) is 0.103. The second-order valence-corrected chi connectivity index (χ2v) is 7.88. The molecule has 0 N–H and O–H groups in total. The Kier molecular flexibility index (Phi) is 7.75. The molecule has 9 heteroatoms. The van der Waals surface area contributed by atoms with E-state index < -0.39 is 0 Å². The fourth-order valence-corrected chi connectivity index (χ4v) is 3.58. The standard InChI is InChI=1S/C29H19N7O2/c1-2-15-36-34-28-24(26-13-9-22(37-26)7-3-5-20(16-30)17-31)11-12-25(29(28)35-36)27-14-10-23(38-27)8-4-6-21(18-32)19-33/h3-14H,2,15H2,1H3/b7-3+,8-4+. The average Bonchev–Trinajstić information content (AvgIpc) is 3.69. The molecule has 0 bridgehead atoms. The first-order valence-corrected chi connectivity index (χ1v) is 11.6. The highest BCUT2D eigenvalue weighted by Gasteiger charge is 2.18. The highest BCUT2D eigenvalue weighted by molar-refractivity contribution is 5.98. The van der Waals surface area contributed by atoms with Crippen LogP contribution in [0, 0.1) is 45.3 Å². The highest BCUT2D eigenvalue weighted by atomic mass is 16.3. The van der Waals surface area contributed by atoms with Crippen LogP contribution in [-0.4, -0.2) is 15.0 Å². The van der Waals surface area contributed by atoms with Crippen molar-refractivity contribution >= 4 is 23.2 Å². The van der Waals surface area contributed by atoms with Crippen LogP contribution in [0.2, 0.25) is 0 Å². The Bertz CT molecular complexity index is 1620. The molecule has 0 amide bonds. The monoisotopic (exact) mass is 497 g/mol. The van der Waals surface area contributed by atoms with Gasteiger partial charge in [0.2, 0.25) is 0 Å². The molecule has 0 spiro atoms. The minimum atomic E-state index is -0.00000928. The summed E-state index contributed by atoms with van der Waals surface area (Å²) < 4.78 is 12.0. The van der Waals surface area contributed by atoms with Crippen molar-refractivity contribution in [1.29, 1.82) is 21.0 Å². The van der Waals surface area contributed by atoms with Crippen molar-refractivity contribution in [2.45, 2.75) is 19.9 Å². The summed E-state index contributed by atoms with van der Waals surface area (Å²) >= 11 is 0. The van der Waals surface area contributed by atoms with Crippen molar-refractivity contribution in [2.24, 2.45) is 0 Å². The number of hydrogen-bond donors (Lipinski definition) is 0. The van der Waals surface area contributed by atoms with Crippen molar-refractivity contribution in [3.05, 3.63) is 83.4 Å². The molecule has 38 heavy (non-hydrogen) atoms.